The second kappa shape index (κ2) is 7.65. The summed E-state index contributed by atoms with van der Waals surface area (Å²) in [5, 5.41) is 18.5. The minimum atomic E-state index is -1.54. The van der Waals surface area contributed by atoms with Gasteiger partial charge in [-0.05, 0) is 36.5 Å². The number of aliphatic hydroxyl groups excluding tert-OH is 1. The molecule has 0 radical (unpaired) electrons. The van der Waals surface area contributed by atoms with Gasteiger partial charge in [0.2, 0.25) is 0 Å². The lowest BCUT2D eigenvalue weighted by Gasteiger charge is -2.11. The van der Waals surface area contributed by atoms with Crippen LogP contribution in [0.25, 0.3) is 0 Å². The molecule has 110 valence electrons. The Hall–Kier alpha value is -1.88. The van der Waals surface area contributed by atoms with E-state index in [1.807, 2.05) is 13.0 Å². The van der Waals surface area contributed by atoms with Crippen molar-refractivity contribution in [1.29, 1.82) is 0 Å². The van der Waals surface area contributed by atoms with Crippen LogP contribution in [0.3, 0.4) is 0 Å². The van der Waals surface area contributed by atoms with Crippen LogP contribution in [-0.2, 0) is 27.2 Å². The van der Waals surface area contributed by atoms with E-state index in [9.17, 15) is 14.7 Å². The van der Waals surface area contributed by atoms with Gasteiger partial charge in [-0.25, -0.2) is 4.79 Å². The van der Waals surface area contributed by atoms with Crippen LogP contribution >= 0.6 is 0 Å². The standard InChI is InChI=1S/C15H20O5/c1-3-10-7-11(5-6-13(16)20-4-2)9-12(8-10)14(17)15(18)19/h7-9,14,17H,3-6H2,1-2H3,(H,18,19). The van der Waals surface area contributed by atoms with Crippen LogP contribution in [0.2, 0.25) is 0 Å². The molecule has 1 aromatic rings. The summed E-state index contributed by atoms with van der Waals surface area (Å²) in [7, 11) is 0. The summed E-state index contributed by atoms with van der Waals surface area (Å²) in [6, 6.07) is 5.21. The molecule has 0 fully saturated rings. The highest BCUT2D eigenvalue weighted by molar-refractivity contribution is 5.74. The van der Waals surface area contributed by atoms with Crippen LogP contribution < -0.4 is 0 Å². The van der Waals surface area contributed by atoms with E-state index in [1.54, 1.807) is 19.1 Å². The van der Waals surface area contributed by atoms with E-state index in [2.05, 4.69) is 0 Å². The van der Waals surface area contributed by atoms with Gasteiger partial charge in [-0.3, -0.25) is 4.79 Å². The first-order valence-corrected chi connectivity index (χ1v) is 6.67. The topological polar surface area (TPSA) is 83.8 Å². The van der Waals surface area contributed by atoms with Crippen molar-refractivity contribution < 1.29 is 24.5 Å². The summed E-state index contributed by atoms with van der Waals surface area (Å²) in [5.74, 6) is -1.57. The van der Waals surface area contributed by atoms with Crippen molar-refractivity contribution in [2.75, 3.05) is 6.61 Å². The maximum absolute atomic E-state index is 11.3. The molecule has 0 aromatic heterocycles. The number of aliphatic hydroxyl groups is 1. The Morgan fingerprint density at radius 3 is 2.40 bits per heavy atom. The number of carbonyl (C=O) groups is 2. The maximum Gasteiger partial charge on any atom is 0.337 e. The predicted molar refractivity (Wildman–Crippen MR) is 73.4 cm³/mol. The van der Waals surface area contributed by atoms with E-state index in [0.29, 0.717) is 18.6 Å². The van der Waals surface area contributed by atoms with E-state index < -0.39 is 12.1 Å². The zero-order chi connectivity index (χ0) is 15.1. The number of carbonyl (C=O) groups excluding carboxylic acids is 1. The van der Waals surface area contributed by atoms with Crippen molar-refractivity contribution in [2.45, 2.75) is 39.2 Å². The van der Waals surface area contributed by atoms with Crippen LogP contribution in [0.15, 0.2) is 18.2 Å². The minimum absolute atomic E-state index is 0.240. The van der Waals surface area contributed by atoms with E-state index in [1.165, 1.54) is 0 Å². The smallest absolute Gasteiger partial charge is 0.337 e. The lowest BCUT2D eigenvalue weighted by atomic mass is 9.98. The lowest BCUT2D eigenvalue weighted by Crippen LogP contribution is -2.11. The van der Waals surface area contributed by atoms with Gasteiger partial charge < -0.3 is 14.9 Å². The van der Waals surface area contributed by atoms with Crippen molar-refractivity contribution in [3.8, 4) is 0 Å². The van der Waals surface area contributed by atoms with Crippen molar-refractivity contribution in [2.24, 2.45) is 0 Å². The number of aliphatic carboxylic acids is 1. The van der Waals surface area contributed by atoms with Crippen LogP contribution in [0, 0.1) is 0 Å². The second-order valence-corrected chi connectivity index (χ2v) is 4.48. The van der Waals surface area contributed by atoms with Crippen LogP contribution in [0.5, 0.6) is 0 Å². The third-order valence-electron chi connectivity index (χ3n) is 2.96. The molecule has 5 nitrogen and oxygen atoms in total. The number of hydrogen-bond acceptors (Lipinski definition) is 4. The molecule has 1 aromatic carbocycles. The molecule has 0 amide bonds. The monoisotopic (exact) mass is 280 g/mol. The highest BCUT2D eigenvalue weighted by atomic mass is 16.5. The fraction of sp³-hybridized carbons (Fsp3) is 0.467. The Balaban J connectivity index is 2.87. The third-order valence-corrected chi connectivity index (χ3v) is 2.96. The second-order valence-electron chi connectivity index (χ2n) is 4.48. The zero-order valence-electron chi connectivity index (χ0n) is 11.8. The molecule has 0 aliphatic heterocycles. The van der Waals surface area contributed by atoms with Gasteiger partial charge in [0.25, 0.3) is 0 Å². The van der Waals surface area contributed by atoms with Crippen LogP contribution in [-0.4, -0.2) is 28.8 Å². The number of carboxylic acids is 1. The Labute approximate surface area is 118 Å². The Bertz CT molecular complexity index is 481. The number of benzene rings is 1. The van der Waals surface area contributed by atoms with Crippen molar-refractivity contribution >= 4 is 11.9 Å². The molecule has 2 N–H and O–H groups in total. The summed E-state index contributed by atoms with van der Waals surface area (Å²) in [5.41, 5.74) is 2.10. The van der Waals surface area contributed by atoms with E-state index in [4.69, 9.17) is 9.84 Å². The summed E-state index contributed by atoms with van der Waals surface area (Å²) in [6.45, 7) is 4.04. The summed E-state index contributed by atoms with van der Waals surface area (Å²) >= 11 is 0. The highest BCUT2D eigenvalue weighted by Gasteiger charge is 2.17. The number of aryl methyl sites for hydroxylation is 2. The Morgan fingerprint density at radius 1 is 1.20 bits per heavy atom. The number of carboxylic acid groups (broad SMARTS) is 1. The molecule has 1 unspecified atom stereocenters. The molecule has 20 heavy (non-hydrogen) atoms. The van der Waals surface area contributed by atoms with Gasteiger partial charge in [0.05, 0.1) is 6.61 Å². The molecule has 0 aliphatic carbocycles. The number of rotatable bonds is 7. The lowest BCUT2D eigenvalue weighted by molar-refractivity contribution is -0.147. The van der Waals surface area contributed by atoms with Gasteiger partial charge in [0, 0.05) is 6.42 Å². The molecule has 0 spiro atoms. The maximum atomic E-state index is 11.3. The molecular weight excluding hydrogens is 260 g/mol. The van der Waals surface area contributed by atoms with Gasteiger partial charge >= 0.3 is 11.9 Å². The normalized spacial score (nSPS) is 11.9. The van der Waals surface area contributed by atoms with Gasteiger partial charge in [0.1, 0.15) is 0 Å². The summed E-state index contributed by atoms with van der Waals surface area (Å²) in [6.07, 6.45) is -0.106. The summed E-state index contributed by atoms with van der Waals surface area (Å²) < 4.78 is 4.85. The predicted octanol–water partition coefficient (Wildman–Crippen LogP) is 1.86. The Morgan fingerprint density at radius 2 is 1.85 bits per heavy atom. The number of esters is 1. The average Bonchev–Trinajstić information content (AvgIpc) is 2.44. The molecule has 1 rings (SSSR count). The van der Waals surface area contributed by atoms with Crippen molar-refractivity contribution in [1.82, 2.24) is 0 Å². The molecule has 1 atom stereocenters. The van der Waals surface area contributed by atoms with E-state index in [0.717, 1.165) is 17.5 Å². The molecular formula is C15H20O5. The van der Waals surface area contributed by atoms with Crippen molar-refractivity contribution in [3.05, 3.63) is 34.9 Å². The van der Waals surface area contributed by atoms with E-state index >= 15 is 0 Å². The van der Waals surface area contributed by atoms with Gasteiger partial charge in [-0.2, -0.15) is 0 Å². The van der Waals surface area contributed by atoms with Crippen molar-refractivity contribution in [3.63, 3.8) is 0 Å². The van der Waals surface area contributed by atoms with Crippen LogP contribution in [0.1, 0.15) is 43.1 Å². The summed E-state index contributed by atoms with van der Waals surface area (Å²) in [4.78, 5) is 22.2. The third kappa shape index (κ3) is 4.66. The highest BCUT2D eigenvalue weighted by Crippen LogP contribution is 2.19. The van der Waals surface area contributed by atoms with Crippen LogP contribution in [0.4, 0.5) is 0 Å². The SMILES string of the molecule is CCOC(=O)CCc1cc(CC)cc(C(O)C(=O)O)c1. The molecule has 0 saturated carbocycles. The fourth-order valence-electron chi connectivity index (χ4n) is 1.92. The van der Waals surface area contributed by atoms with E-state index in [-0.39, 0.29) is 12.4 Å². The zero-order valence-corrected chi connectivity index (χ0v) is 11.8. The Kier molecular flexibility index (Phi) is 6.18. The molecule has 0 saturated heterocycles. The molecule has 0 heterocycles. The first kappa shape index (κ1) is 16.2. The largest absolute Gasteiger partial charge is 0.479 e. The first-order valence-electron chi connectivity index (χ1n) is 6.67. The molecule has 5 heteroatoms. The first-order chi connectivity index (χ1) is 9.47. The van der Waals surface area contributed by atoms with Gasteiger partial charge in [-0.15, -0.1) is 0 Å². The molecule has 0 bridgehead atoms. The number of hydrogen-bond donors (Lipinski definition) is 2. The average molecular weight is 280 g/mol. The molecule has 0 aliphatic rings. The quantitative estimate of drug-likeness (QED) is 0.745. The fourth-order valence-corrected chi connectivity index (χ4v) is 1.92. The number of ether oxygens (including phenoxy) is 1. The van der Waals surface area contributed by atoms with Gasteiger partial charge in [0.15, 0.2) is 6.10 Å². The van der Waals surface area contributed by atoms with Gasteiger partial charge in [-0.1, -0.05) is 25.1 Å². The minimum Gasteiger partial charge on any atom is -0.479 e.